The average molecular weight is 197 g/mol. The first kappa shape index (κ1) is 11.2. The van der Waals surface area contributed by atoms with Gasteiger partial charge in [0.05, 0.1) is 13.1 Å². The number of nitrogens with one attached hydrogen (secondary N) is 1. The van der Waals surface area contributed by atoms with E-state index in [2.05, 4.69) is 33.0 Å². The van der Waals surface area contributed by atoms with Crippen LogP contribution in [0, 0.1) is 0 Å². The number of nitrogens with zero attached hydrogens (tertiary/aromatic N) is 1. The van der Waals surface area contributed by atoms with Gasteiger partial charge in [-0.2, -0.15) is 0 Å². The van der Waals surface area contributed by atoms with E-state index < -0.39 is 0 Å². The van der Waals surface area contributed by atoms with Crippen LogP contribution in [-0.2, 0) is 0 Å². The largest absolute Gasteiger partial charge is 1.00 e. The highest BCUT2D eigenvalue weighted by atomic mass is 35.5. The van der Waals surface area contributed by atoms with Crippen molar-refractivity contribution in [3.63, 3.8) is 0 Å². The number of hydrogen-bond donors (Lipinski definition) is 1. The fraction of sp³-hybridized carbons (Fsp3) is 0.714. The summed E-state index contributed by atoms with van der Waals surface area (Å²) >= 11 is 6.00. The molecule has 0 spiro atoms. The molecule has 0 fully saturated rings. The number of halogens is 2. The van der Waals surface area contributed by atoms with Gasteiger partial charge < -0.3 is 12.4 Å². The van der Waals surface area contributed by atoms with Gasteiger partial charge in [-0.25, -0.2) is 5.01 Å². The maximum Gasteiger partial charge on any atom is 0.219 e. The first-order valence-corrected chi connectivity index (χ1v) is 3.86. The summed E-state index contributed by atoms with van der Waals surface area (Å²) in [7, 11) is 4.12. The van der Waals surface area contributed by atoms with Gasteiger partial charge in [0.15, 0.2) is 0 Å². The van der Waals surface area contributed by atoms with Gasteiger partial charge in [0.2, 0.25) is 5.16 Å². The summed E-state index contributed by atoms with van der Waals surface area (Å²) < 4.78 is 0. The molecule has 1 N–H and O–H groups in total. The molecule has 0 radical (unpaired) electrons. The molecule has 0 saturated heterocycles. The third kappa shape index (κ3) is 1.70. The third-order valence-electron chi connectivity index (χ3n) is 2.40. The summed E-state index contributed by atoms with van der Waals surface area (Å²) in [6.07, 6.45) is 0. The van der Waals surface area contributed by atoms with Crippen LogP contribution < -0.4 is 17.4 Å². The summed E-state index contributed by atoms with van der Waals surface area (Å²) in [5.41, 5.74) is 1.28. The standard InChI is InChI=1S/C7H13ClN2.ClH/c1-5-6(2)9(3)10(4)7(5)8;/h6H,1-4H3;1H. The Bertz CT molecular complexity index is 161. The molecule has 1 aliphatic heterocycles. The molecule has 0 aromatic rings. The Hall–Kier alpha value is 0.240. The fourth-order valence-electron chi connectivity index (χ4n) is 1.20. The van der Waals surface area contributed by atoms with Gasteiger partial charge in [0, 0.05) is 12.6 Å². The van der Waals surface area contributed by atoms with Crippen molar-refractivity contribution in [3.8, 4) is 0 Å². The van der Waals surface area contributed by atoms with Crippen molar-refractivity contribution in [2.24, 2.45) is 0 Å². The van der Waals surface area contributed by atoms with E-state index in [1.165, 1.54) is 10.6 Å². The second-order valence-electron chi connectivity index (χ2n) is 2.87. The molecule has 2 nitrogen and oxygen atoms in total. The smallest absolute Gasteiger partial charge is 0.219 e. The number of rotatable bonds is 0. The Morgan fingerprint density at radius 1 is 1.55 bits per heavy atom. The van der Waals surface area contributed by atoms with E-state index in [1.54, 1.807) is 0 Å². The van der Waals surface area contributed by atoms with Crippen LogP contribution in [0.1, 0.15) is 13.8 Å². The monoisotopic (exact) mass is 196 g/mol. The SMILES string of the molecule is CC1=C(Cl)[NH+](C)N(C)C1C.[Cl-]. The molecule has 0 amide bonds. The van der Waals surface area contributed by atoms with Crippen LogP contribution in [0.15, 0.2) is 10.7 Å². The number of quaternary nitrogens is 1. The second-order valence-corrected chi connectivity index (χ2v) is 3.25. The van der Waals surface area contributed by atoms with Crippen LogP contribution in [0.25, 0.3) is 0 Å². The van der Waals surface area contributed by atoms with E-state index in [0.29, 0.717) is 6.04 Å². The summed E-state index contributed by atoms with van der Waals surface area (Å²) in [4.78, 5) is 0. The minimum atomic E-state index is 0. The molecule has 0 aromatic carbocycles. The molecule has 0 aromatic heterocycles. The van der Waals surface area contributed by atoms with Gasteiger partial charge >= 0.3 is 0 Å². The van der Waals surface area contributed by atoms with Crippen molar-refractivity contribution in [2.75, 3.05) is 14.1 Å². The summed E-state index contributed by atoms with van der Waals surface area (Å²) in [5, 5.41) is 4.32. The van der Waals surface area contributed by atoms with Crippen molar-refractivity contribution >= 4 is 11.6 Å². The van der Waals surface area contributed by atoms with E-state index in [4.69, 9.17) is 11.6 Å². The molecule has 1 heterocycles. The molecule has 2 unspecified atom stereocenters. The van der Waals surface area contributed by atoms with E-state index in [1.807, 2.05) is 0 Å². The fourth-order valence-corrected chi connectivity index (χ4v) is 1.50. The Morgan fingerprint density at radius 2 is 2.00 bits per heavy atom. The summed E-state index contributed by atoms with van der Waals surface area (Å²) in [6, 6.07) is 0.479. The highest BCUT2D eigenvalue weighted by Gasteiger charge is 2.32. The Labute approximate surface area is 79.2 Å². The number of hydrogen-bond acceptors (Lipinski definition) is 1. The Balaban J connectivity index is 0.000001000. The molecular weight excluding hydrogens is 183 g/mol. The molecule has 1 aliphatic rings. The van der Waals surface area contributed by atoms with Crippen LogP contribution in [0.5, 0.6) is 0 Å². The van der Waals surface area contributed by atoms with Gasteiger partial charge in [-0.3, -0.25) is 0 Å². The van der Waals surface area contributed by atoms with Crippen molar-refractivity contribution in [3.05, 3.63) is 10.7 Å². The van der Waals surface area contributed by atoms with E-state index in [-0.39, 0.29) is 12.4 Å². The molecule has 1 rings (SSSR count). The lowest BCUT2D eigenvalue weighted by molar-refractivity contribution is -0.951. The molecule has 11 heavy (non-hydrogen) atoms. The highest BCUT2D eigenvalue weighted by Crippen LogP contribution is 2.15. The molecule has 0 saturated carbocycles. The van der Waals surface area contributed by atoms with Crippen LogP contribution >= 0.6 is 11.6 Å². The second kappa shape index (κ2) is 3.76. The lowest BCUT2D eigenvalue weighted by Crippen LogP contribution is -3.11. The normalized spacial score (nSPS) is 32.5. The van der Waals surface area contributed by atoms with Gasteiger partial charge in [0.1, 0.15) is 0 Å². The lowest BCUT2D eigenvalue weighted by atomic mass is 10.2. The number of likely N-dealkylation sites (N-methyl/N-ethyl adjacent to an activating group) is 1. The van der Waals surface area contributed by atoms with Crippen molar-refractivity contribution in [2.45, 2.75) is 19.9 Å². The Kier molecular flexibility index (Phi) is 3.85. The Morgan fingerprint density at radius 3 is 2.09 bits per heavy atom. The zero-order valence-electron chi connectivity index (χ0n) is 7.28. The minimum Gasteiger partial charge on any atom is -1.00 e. The zero-order chi connectivity index (χ0) is 7.89. The van der Waals surface area contributed by atoms with Crippen molar-refractivity contribution in [1.29, 1.82) is 0 Å². The topological polar surface area (TPSA) is 7.68 Å². The predicted octanol–water partition coefficient (Wildman–Crippen LogP) is -2.78. The van der Waals surface area contributed by atoms with Crippen LogP contribution in [0.2, 0.25) is 0 Å². The maximum atomic E-state index is 6.00. The van der Waals surface area contributed by atoms with Crippen LogP contribution in [0.3, 0.4) is 0 Å². The van der Waals surface area contributed by atoms with Crippen molar-refractivity contribution in [1.82, 2.24) is 5.01 Å². The third-order valence-corrected chi connectivity index (χ3v) is 2.97. The molecule has 66 valence electrons. The first-order valence-electron chi connectivity index (χ1n) is 3.48. The van der Waals surface area contributed by atoms with Crippen LogP contribution in [0.4, 0.5) is 0 Å². The zero-order valence-corrected chi connectivity index (χ0v) is 8.79. The van der Waals surface area contributed by atoms with Gasteiger partial charge in [-0.15, -0.1) is 5.01 Å². The predicted molar refractivity (Wildman–Crippen MR) is 42.7 cm³/mol. The minimum absolute atomic E-state index is 0. The van der Waals surface area contributed by atoms with E-state index in [0.717, 1.165) is 5.16 Å². The summed E-state index contributed by atoms with van der Waals surface area (Å²) in [5.74, 6) is 0. The van der Waals surface area contributed by atoms with Crippen molar-refractivity contribution < 1.29 is 17.4 Å². The quantitative estimate of drug-likeness (QED) is 0.413. The van der Waals surface area contributed by atoms with Gasteiger partial charge in [0.25, 0.3) is 0 Å². The maximum absolute atomic E-state index is 6.00. The molecule has 0 aliphatic carbocycles. The average Bonchev–Trinajstić information content (AvgIpc) is 2.07. The van der Waals surface area contributed by atoms with E-state index in [9.17, 15) is 0 Å². The van der Waals surface area contributed by atoms with Crippen LogP contribution in [-0.4, -0.2) is 25.1 Å². The summed E-state index contributed by atoms with van der Waals surface area (Å²) in [6.45, 7) is 4.24. The lowest BCUT2D eigenvalue weighted by Gasteiger charge is -2.18. The van der Waals surface area contributed by atoms with Gasteiger partial charge in [-0.05, 0) is 25.4 Å². The van der Waals surface area contributed by atoms with E-state index >= 15 is 0 Å². The highest BCUT2D eigenvalue weighted by molar-refractivity contribution is 6.28. The molecule has 2 atom stereocenters. The molecule has 0 bridgehead atoms. The molecule has 4 heteroatoms. The molecular formula is C7H14Cl2N2. The van der Waals surface area contributed by atoms with Gasteiger partial charge in [-0.1, -0.05) is 0 Å². The first-order chi connectivity index (χ1) is 4.55.